The van der Waals surface area contributed by atoms with Gasteiger partial charge in [0.2, 0.25) is 0 Å². The van der Waals surface area contributed by atoms with Crippen molar-refractivity contribution in [2.75, 3.05) is 7.11 Å². The number of rotatable bonds is 3. The lowest BCUT2D eigenvalue weighted by atomic mass is 10.0. The van der Waals surface area contributed by atoms with Crippen LogP contribution in [0.25, 0.3) is 11.3 Å². The van der Waals surface area contributed by atoms with Gasteiger partial charge in [-0.3, -0.25) is 5.32 Å². The third-order valence-corrected chi connectivity index (χ3v) is 3.13. The highest BCUT2D eigenvalue weighted by Crippen LogP contribution is 2.40. The van der Waals surface area contributed by atoms with Crippen LogP contribution in [0.15, 0.2) is 30.5 Å². The number of aromatic nitrogens is 2. The zero-order chi connectivity index (χ0) is 14.1. The molecule has 0 amide bonds. The minimum Gasteiger partial charge on any atom is -0.470 e. The SMILES string of the molecule is COc1ncc2c(n1)-c1ccccc1OC2NC(C)C. The Bertz CT molecular complexity index is 628. The zero-order valence-corrected chi connectivity index (χ0v) is 11.8. The van der Waals surface area contributed by atoms with Crippen LogP contribution >= 0.6 is 0 Å². The molecule has 1 unspecified atom stereocenters. The van der Waals surface area contributed by atoms with E-state index in [9.17, 15) is 0 Å². The van der Waals surface area contributed by atoms with Crippen LogP contribution in [-0.2, 0) is 0 Å². The molecule has 0 radical (unpaired) electrons. The van der Waals surface area contributed by atoms with Gasteiger partial charge in [-0.05, 0) is 26.0 Å². The van der Waals surface area contributed by atoms with Gasteiger partial charge in [0.05, 0.1) is 18.4 Å². The molecular formula is C15H17N3O2. The van der Waals surface area contributed by atoms with Crippen molar-refractivity contribution in [2.45, 2.75) is 26.1 Å². The Morgan fingerprint density at radius 1 is 1.30 bits per heavy atom. The van der Waals surface area contributed by atoms with Gasteiger partial charge in [0.25, 0.3) is 0 Å². The lowest BCUT2D eigenvalue weighted by Crippen LogP contribution is -2.34. The first kappa shape index (κ1) is 12.9. The lowest BCUT2D eigenvalue weighted by Gasteiger charge is -2.29. The number of nitrogens with one attached hydrogen (secondary N) is 1. The maximum atomic E-state index is 6.01. The van der Waals surface area contributed by atoms with Crippen molar-refractivity contribution in [3.05, 3.63) is 36.0 Å². The van der Waals surface area contributed by atoms with Crippen LogP contribution < -0.4 is 14.8 Å². The number of benzene rings is 1. The Morgan fingerprint density at radius 2 is 2.10 bits per heavy atom. The maximum Gasteiger partial charge on any atom is 0.316 e. The summed E-state index contributed by atoms with van der Waals surface area (Å²) in [5.41, 5.74) is 2.75. The highest BCUT2D eigenvalue weighted by atomic mass is 16.5. The molecule has 5 nitrogen and oxygen atoms in total. The number of para-hydroxylation sites is 1. The molecule has 1 aromatic carbocycles. The van der Waals surface area contributed by atoms with Gasteiger partial charge in [0, 0.05) is 17.8 Å². The van der Waals surface area contributed by atoms with Gasteiger partial charge in [-0.25, -0.2) is 4.98 Å². The normalized spacial score (nSPS) is 16.3. The maximum absolute atomic E-state index is 6.01. The monoisotopic (exact) mass is 271 g/mol. The second-order valence-electron chi connectivity index (χ2n) is 4.98. The van der Waals surface area contributed by atoms with Crippen LogP contribution in [-0.4, -0.2) is 23.1 Å². The van der Waals surface area contributed by atoms with E-state index in [0.717, 1.165) is 22.6 Å². The van der Waals surface area contributed by atoms with E-state index < -0.39 is 0 Å². The first-order chi connectivity index (χ1) is 9.69. The third-order valence-electron chi connectivity index (χ3n) is 3.13. The van der Waals surface area contributed by atoms with Crippen LogP contribution in [0.1, 0.15) is 25.6 Å². The van der Waals surface area contributed by atoms with Crippen molar-refractivity contribution in [1.82, 2.24) is 15.3 Å². The summed E-state index contributed by atoms with van der Waals surface area (Å²) in [6, 6.07) is 8.52. The van der Waals surface area contributed by atoms with E-state index in [1.807, 2.05) is 24.3 Å². The largest absolute Gasteiger partial charge is 0.470 e. The smallest absolute Gasteiger partial charge is 0.316 e. The second-order valence-corrected chi connectivity index (χ2v) is 4.98. The lowest BCUT2D eigenvalue weighted by molar-refractivity contribution is 0.151. The molecule has 0 aliphatic carbocycles. The van der Waals surface area contributed by atoms with Gasteiger partial charge in [0.1, 0.15) is 5.75 Å². The minimum atomic E-state index is -0.245. The van der Waals surface area contributed by atoms with Gasteiger partial charge in [0.15, 0.2) is 6.23 Å². The molecule has 0 saturated carbocycles. The fourth-order valence-corrected chi connectivity index (χ4v) is 2.26. The predicted molar refractivity (Wildman–Crippen MR) is 75.7 cm³/mol. The van der Waals surface area contributed by atoms with Gasteiger partial charge in [-0.1, -0.05) is 12.1 Å². The van der Waals surface area contributed by atoms with E-state index >= 15 is 0 Å². The molecule has 1 aliphatic rings. The average Bonchev–Trinajstić information content (AvgIpc) is 2.46. The number of hydrogen-bond acceptors (Lipinski definition) is 5. The Labute approximate surface area is 118 Å². The highest BCUT2D eigenvalue weighted by molar-refractivity contribution is 5.72. The summed E-state index contributed by atoms with van der Waals surface area (Å²) >= 11 is 0. The average molecular weight is 271 g/mol. The molecule has 1 aromatic heterocycles. The molecule has 3 rings (SSSR count). The summed E-state index contributed by atoms with van der Waals surface area (Å²) in [5.74, 6) is 0.818. The summed E-state index contributed by atoms with van der Waals surface area (Å²) in [4.78, 5) is 8.66. The molecule has 0 bridgehead atoms. The number of ether oxygens (including phenoxy) is 2. The van der Waals surface area contributed by atoms with Crippen molar-refractivity contribution in [3.63, 3.8) is 0 Å². The fraction of sp³-hybridized carbons (Fsp3) is 0.333. The molecule has 104 valence electrons. The fourth-order valence-electron chi connectivity index (χ4n) is 2.26. The van der Waals surface area contributed by atoms with Crippen LogP contribution in [0, 0.1) is 0 Å². The quantitative estimate of drug-likeness (QED) is 0.929. The van der Waals surface area contributed by atoms with Crippen molar-refractivity contribution in [2.24, 2.45) is 0 Å². The zero-order valence-electron chi connectivity index (χ0n) is 11.8. The Kier molecular flexibility index (Phi) is 3.28. The van der Waals surface area contributed by atoms with E-state index in [2.05, 4.69) is 29.1 Å². The third kappa shape index (κ3) is 2.20. The van der Waals surface area contributed by atoms with Gasteiger partial charge in [-0.15, -0.1) is 0 Å². The van der Waals surface area contributed by atoms with Crippen molar-refractivity contribution < 1.29 is 9.47 Å². The molecule has 0 fully saturated rings. The molecular weight excluding hydrogens is 254 g/mol. The van der Waals surface area contributed by atoms with E-state index in [1.54, 1.807) is 13.3 Å². The number of fused-ring (bicyclic) bond motifs is 3. The Morgan fingerprint density at radius 3 is 2.85 bits per heavy atom. The van der Waals surface area contributed by atoms with E-state index in [-0.39, 0.29) is 6.23 Å². The molecule has 2 heterocycles. The molecule has 0 spiro atoms. The first-order valence-corrected chi connectivity index (χ1v) is 6.62. The Hall–Kier alpha value is -2.14. The molecule has 1 aliphatic heterocycles. The minimum absolute atomic E-state index is 0.245. The van der Waals surface area contributed by atoms with Crippen LogP contribution in [0.4, 0.5) is 0 Å². The van der Waals surface area contributed by atoms with E-state index in [0.29, 0.717) is 12.1 Å². The number of methoxy groups -OCH3 is 1. The van der Waals surface area contributed by atoms with Crippen molar-refractivity contribution >= 4 is 0 Å². The van der Waals surface area contributed by atoms with E-state index in [4.69, 9.17) is 9.47 Å². The molecule has 0 saturated heterocycles. The topological polar surface area (TPSA) is 56.3 Å². The molecule has 1 N–H and O–H groups in total. The molecule has 5 heteroatoms. The standard InChI is InChI=1S/C15H17N3O2/c1-9(2)17-14-11-8-16-15(19-3)18-13(11)10-6-4-5-7-12(10)20-14/h4-9,14,17H,1-3H3. The molecule has 1 atom stereocenters. The van der Waals surface area contributed by atoms with Crippen LogP contribution in [0.2, 0.25) is 0 Å². The first-order valence-electron chi connectivity index (χ1n) is 6.62. The summed E-state index contributed by atoms with van der Waals surface area (Å²) in [5, 5.41) is 3.37. The summed E-state index contributed by atoms with van der Waals surface area (Å²) in [6.07, 6.45) is 1.52. The predicted octanol–water partition coefficient (Wildman–Crippen LogP) is 2.54. The van der Waals surface area contributed by atoms with Crippen LogP contribution in [0.3, 0.4) is 0 Å². The number of nitrogens with zero attached hydrogens (tertiary/aromatic N) is 2. The van der Waals surface area contributed by atoms with Crippen molar-refractivity contribution in [1.29, 1.82) is 0 Å². The van der Waals surface area contributed by atoms with Gasteiger partial charge in [-0.2, -0.15) is 4.98 Å². The molecule has 20 heavy (non-hydrogen) atoms. The van der Waals surface area contributed by atoms with E-state index in [1.165, 1.54) is 0 Å². The number of hydrogen-bond donors (Lipinski definition) is 1. The van der Waals surface area contributed by atoms with Crippen LogP contribution in [0.5, 0.6) is 11.8 Å². The Balaban J connectivity index is 2.13. The summed E-state index contributed by atoms with van der Waals surface area (Å²) in [7, 11) is 1.57. The van der Waals surface area contributed by atoms with Gasteiger partial charge >= 0.3 is 6.01 Å². The van der Waals surface area contributed by atoms with Crippen molar-refractivity contribution in [3.8, 4) is 23.0 Å². The summed E-state index contributed by atoms with van der Waals surface area (Å²) < 4.78 is 11.1. The second kappa shape index (κ2) is 5.09. The summed E-state index contributed by atoms with van der Waals surface area (Å²) in [6.45, 7) is 4.15. The highest BCUT2D eigenvalue weighted by Gasteiger charge is 2.28. The van der Waals surface area contributed by atoms with Gasteiger partial charge < -0.3 is 9.47 Å². The molecule has 2 aromatic rings.